The van der Waals surface area contributed by atoms with Crippen molar-refractivity contribution >= 4 is 11.8 Å². The van der Waals surface area contributed by atoms with Crippen molar-refractivity contribution in [2.24, 2.45) is 17.3 Å². The van der Waals surface area contributed by atoms with Gasteiger partial charge in [-0.05, 0) is 67.3 Å². The zero-order chi connectivity index (χ0) is 21.1. The van der Waals surface area contributed by atoms with Crippen molar-refractivity contribution in [2.75, 3.05) is 19.6 Å². The SMILES string of the molecule is CCNC(=O)C1(Cc2ccc(-c3ccncc3)cc2)CCN(C(=O)C2CC2C)CC1. The molecule has 2 aliphatic rings. The van der Waals surface area contributed by atoms with E-state index in [1.165, 1.54) is 0 Å². The molecule has 0 bridgehead atoms. The van der Waals surface area contributed by atoms with Gasteiger partial charge in [0.25, 0.3) is 0 Å². The van der Waals surface area contributed by atoms with Crippen LogP contribution in [0.3, 0.4) is 0 Å². The van der Waals surface area contributed by atoms with Gasteiger partial charge in [0.05, 0.1) is 5.41 Å². The van der Waals surface area contributed by atoms with Crippen LogP contribution in [-0.2, 0) is 16.0 Å². The normalized spacial score (nSPS) is 22.4. The lowest BCUT2D eigenvalue weighted by atomic mass is 9.72. The van der Waals surface area contributed by atoms with Gasteiger partial charge in [0.15, 0.2) is 0 Å². The molecule has 5 heteroatoms. The molecule has 1 aromatic carbocycles. The smallest absolute Gasteiger partial charge is 0.226 e. The van der Waals surface area contributed by atoms with E-state index in [0.29, 0.717) is 32.0 Å². The largest absolute Gasteiger partial charge is 0.356 e. The summed E-state index contributed by atoms with van der Waals surface area (Å²) in [5.74, 6) is 1.14. The van der Waals surface area contributed by atoms with E-state index < -0.39 is 5.41 Å². The predicted octanol–water partition coefficient (Wildman–Crippen LogP) is 3.69. The highest BCUT2D eigenvalue weighted by molar-refractivity contribution is 5.85. The molecule has 0 spiro atoms. The van der Waals surface area contributed by atoms with Gasteiger partial charge in [0.2, 0.25) is 11.8 Å². The minimum absolute atomic E-state index is 0.120. The Bertz CT molecular complexity index is 886. The van der Waals surface area contributed by atoms with Crippen LogP contribution in [0.2, 0.25) is 0 Å². The first kappa shape index (κ1) is 20.6. The van der Waals surface area contributed by atoms with E-state index in [-0.39, 0.29) is 17.7 Å². The van der Waals surface area contributed by atoms with Crippen molar-refractivity contribution in [3.8, 4) is 11.1 Å². The lowest BCUT2D eigenvalue weighted by Crippen LogP contribution is -2.51. The third kappa shape index (κ3) is 4.25. The van der Waals surface area contributed by atoms with Crippen LogP contribution < -0.4 is 5.32 Å². The van der Waals surface area contributed by atoms with Gasteiger partial charge in [-0.2, -0.15) is 0 Å². The summed E-state index contributed by atoms with van der Waals surface area (Å²) in [6.07, 6.45) is 6.75. The summed E-state index contributed by atoms with van der Waals surface area (Å²) in [5, 5.41) is 3.05. The van der Waals surface area contributed by atoms with E-state index in [9.17, 15) is 9.59 Å². The second-order valence-electron chi connectivity index (χ2n) is 8.89. The maximum Gasteiger partial charge on any atom is 0.226 e. The van der Waals surface area contributed by atoms with Crippen LogP contribution in [0.5, 0.6) is 0 Å². The number of hydrogen-bond acceptors (Lipinski definition) is 3. The third-order valence-corrected chi connectivity index (χ3v) is 6.79. The molecule has 1 aliphatic heterocycles. The Morgan fingerprint density at radius 2 is 1.67 bits per heavy atom. The Morgan fingerprint density at radius 3 is 2.23 bits per heavy atom. The number of pyridine rings is 1. The summed E-state index contributed by atoms with van der Waals surface area (Å²) in [5.41, 5.74) is 3.00. The molecular weight excluding hydrogens is 374 g/mol. The first-order valence-electron chi connectivity index (χ1n) is 11.1. The molecule has 2 atom stereocenters. The van der Waals surface area contributed by atoms with Crippen LogP contribution in [0, 0.1) is 17.3 Å². The van der Waals surface area contributed by atoms with Crippen molar-refractivity contribution < 1.29 is 9.59 Å². The number of carbonyl (C=O) groups is 2. The number of piperidine rings is 1. The number of hydrogen-bond donors (Lipinski definition) is 1. The number of likely N-dealkylation sites (tertiary alicyclic amines) is 1. The fourth-order valence-electron chi connectivity index (χ4n) is 4.64. The van der Waals surface area contributed by atoms with Crippen molar-refractivity contribution in [3.63, 3.8) is 0 Å². The molecule has 5 nitrogen and oxygen atoms in total. The highest BCUT2D eigenvalue weighted by atomic mass is 16.2. The van der Waals surface area contributed by atoms with Gasteiger partial charge >= 0.3 is 0 Å². The van der Waals surface area contributed by atoms with E-state index in [1.807, 2.05) is 24.0 Å². The molecule has 4 rings (SSSR count). The highest BCUT2D eigenvalue weighted by Gasteiger charge is 2.46. The van der Waals surface area contributed by atoms with Gasteiger partial charge in [-0.25, -0.2) is 0 Å². The Hall–Kier alpha value is -2.69. The van der Waals surface area contributed by atoms with Gasteiger partial charge in [-0.15, -0.1) is 0 Å². The Labute approximate surface area is 178 Å². The number of rotatable bonds is 6. The zero-order valence-electron chi connectivity index (χ0n) is 17.9. The van der Waals surface area contributed by atoms with Crippen molar-refractivity contribution in [1.29, 1.82) is 0 Å². The zero-order valence-corrected chi connectivity index (χ0v) is 17.9. The minimum atomic E-state index is -0.444. The Kier molecular flexibility index (Phi) is 5.89. The lowest BCUT2D eigenvalue weighted by Gasteiger charge is -2.41. The number of aromatic nitrogens is 1. The molecule has 158 valence electrons. The summed E-state index contributed by atoms with van der Waals surface area (Å²) < 4.78 is 0. The molecule has 1 aromatic heterocycles. The second-order valence-corrected chi connectivity index (χ2v) is 8.89. The molecule has 1 N–H and O–H groups in total. The van der Waals surface area contributed by atoms with E-state index in [1.54, 1.807) is 12.4 Å². The maximum atomic E-state index is 13.1. The van der Waals surface area contributed by atoms with E-state index >= 15 is 0 Å². The van der Waals surface area contributed by atoms with Gasteiger partial charge in [0.1, 0.15) is 0 Å². The number of nitrogens with zero attached hydrogens (tertiary/aromatic N) is 2. The predicted molar refractivity (Wildman–Crippen MR) is 118 cm³/mol. The average molecular weight is 406 g/mol. The fourth-order valence-corrected chi connectivity index (χ4v) is 4.64. The van der Waals surface area contributed by atoms with Crippen LogP contribution in [0.25, 0.3) is 11.1 Å². The second kappa shape index (κ2) is 8.58. The van der Waals surface area contributed by atoms with Crippen LogP contribution in [0.15, 0.2) is 48.8 Å². The van der Waals surface area contributed by atoms with E-state index in [2.05, 4.69) is 41.5 Å². The fraction of sp³-hybridized carbons (Fsp3) is 0.480. The molecular formula is C25H31N3O2. The van der Waals surface area contributed by atoms with Crippen LogP contribution >= 0.6 is 0 Å². The summed E-state index contributed by atoms with van der Waals surface area (Å²) in [6, 6.07) is 12.5. The number of amides is 2. The molecule has 2 unspecified atom stereocenters. The summed E-state index contributed by atoms with van der Waals surface area (Å²) in [6.45, 7) is 6.08. The molecule has 0 radical (unpaired) electrons. The minimum Gasteiger partial charge on any atom is -0.356 e. The molecule has 2 aromatic rings. The summed E-state index contributed by atoms with van der Waals surface area (Å²) >= 11 is 0. The monoisotopic (exact) mass is 405 g/mol. The van der Waals surface area contributed by atoms with Gasteiger partial charge in [-0.1, -0.05) is 31.2 Å². The third-order valence-electron chi connectivity index (χ3n) is 6.79. The van der Waals surface area contributed by atoms with E-state index in [0.717, 1.165) is 36.0 Å². The maximum absolute atomic E-state index is 13.1. The lowest BCUT2D eigenvalue weighted by molar-refractivity contribution is -0.141. The molecule has 2 amide bonds. The molecule has 30 heavy (non-hydrogen) atoms. The Balaban J connectivity index is 1.48. The quantitative estimate of drug-likeness (QED) is 0.797. The van der Waals surface area contributed by atoms with Crippen LogP contribution in [0.1, 0.15) is 38.7 Å². The van der Waals surface area contributed by atoms with Crippen LogP contribution in [-0.4, -0.2) is 41.3 Å². The number of carbonyl (C=O) groups excluding carboxylic acids is 2. The summed E-state index contributed by atoms with van der Waals surface area (Å²) in [7, 11) is 0. The van der Waals surface area contributed by atoms with Crippen molar-refractivity contribution in [2.45, 2.75) is 39.5 Å². The summed E-state index contributed by atoms with van der Waals surface area (Å²) in [4.78, 5) is 31.8. The van der Waals surface area contributed by atoms with Crippen molar-refractivity contribution in [3.05, 3.63) is 54.4 Å². The molecule has 2 fully saturated rings. The topological polar surface area (TPSA) is 62.3 Å². The van der Waals surface area contributed by atoms with Gasteiger partial charge in [-0.3, -0.25) is 14.6 Å². The molecule has 2 heterocycles. The van der Waals surface area contributed by atoms with Gasteiger partial charge in [0, 0.05) is 37.9 Å². The molecule has 1 aliphatic carbocycles. The first-order chi connectivity index (χ1) is 14.5. The molecule has 1 saturated heterocycles. The highest BCUT2D eigenvalue weighted by Crippen LogP contribution is 2.42. The molecule has 1 saturated carbocycles. The van der Waals surface area contributed by atoms with E-state index in [4.69, 9.17) is 0 Å². The average Bonchev–Trinajstić information content (AvgIpc) is 3.51. The van der Waals surface area contributed by atoms with Gasteiger partial charge < -0.3 is 10.2 Å². The number of nitrogens with one attached hydrogen (secondary N) is 1. The number of benzene rings is 1. The Morgan fingerprint density at radius 1 is 1.07 bits per heavy atom. The standard InChI is InChI=1S/C25H31N3O2/c1-3-27-24(30)25(10-14-28(15-11-25)23(29)22-16-18(22)2)17-19-4-6-20(7-5-19)21-8-12-26-13-9-21/h4-9,12-13,18,22H,3,10-11,14-17H2,1-2H3,(H,27,30). The van der Waals surface area contributed by atoms with Crippen molar-refractivity contribution in [1.82, 2.24) is 15.2 Å². The first-order valence-corrected chi connectivity index (χ1v) is 11.1. The van der Waals surface area contributed by atoms with Crippen LogP contribution in [0.4, 0.5) is 0 Å².